The van der Waals surface area contributed by atoms with Crippen molar-refractivity contribution >= 4 is 5.97 Å². The molecule has 10 unspecified atom stereocenters. The van der Waals surface area contributed by atoms with Gasteiger partial charge < -0.3 is 14.2 Å². The zero-order chi connectivity index (χ0) is 14.9. The first kappa shape index (κ1) is 12.8. The molecular weight excluding hydrogens is 280 g/mol. The number of epoxide rings is 2. The van der Waals surface area contributed by atoms with E-state index in [1.807, 2.05) is 0 Å². The van der Waals surface area contributed by atoms with Crippen LogP contribution in [0.1, 0.15) is 39.5 Å². The van der Waals surface area contributed by atoms with Crippen LogP contribution in [0.25, 0.3) is 0 Å². The van der Waals surface area contributed by atoms with Crippen molar-refractivity contribution in [2.75, 3.05) is 6.61 Å². The van der Waals surface area contributed by atoms with E-state index in [4.69, 9.17) is 14.2 Å². The maximum Gasteiger partial charge on any atom is 0.309 e. The fraction of sp³-hybridized carbons (Fsp3) is 0.944. The molecule has 6 rings (SSSR count). The lowest BCUT2D eigenvalue weighted by Crippen LogP contribution is -2.33. The third-order valence-corrected chi connectivity index (χ3v) is 8.28. The van der Waals surface area contributed by atoms with E-state index in [2.05, 4.69) is 13.8 Å². The summed E-state index contributed by atoms with van der Waals surface area (Å²) in [4.78, 5) is 12.5. The SMILES string of the molecule is CC12OC1C1CC2CC1COC(=O)C1CC2CC1C1OC21C. The molecule has 0 amide bonds. The third-order valence-electron chi connectivity index (χ3n) is 8.28. The molecule has 2 heterocycles. The Labute approximate surface area is 130 Å². The van der Waals surface area contributed by atoms with E-state index in [1.54, 1.807) is 0 Å². The fourth-order valence-corrected chi connectivity index (χ4v) is 6.79. The summed E-state index contributed by atoms with van der Waals surface area (Å²) >= 11 is 0. The first-order valence-corrected chi connectivity index (χ1v) is 9.03. The predicted octanol–water partition coefficient (Wildman–Crippen LogP) is 2.16. The molecule has 6 aliphatic rings. The van der Waals surface area contributed by atoms with E-state index < -0.39 is 0 Å². The van der Waals surface area contributed by atoms with Crippen LogP contribution in [-0.2, 0) is 19.0 Å². The Bertz CT molecular complexity index is 575. The largest absolute Gasteiger partial charge is 0.465 e. The van der Waals surface area contributed by atoms with Crippen molar-refractivity contribution in [1.82, 2.24) is 0 Å². The van der Waals surface area contributed by atoms with Gasteiger partial charge in [-0.2, -0.15) is 0 Å². The molecule has 4 saturated carbocycles. The summed E-state index contributed by atoms with van der Waals surface area (Å²) in [6, 6.07) is 0. The second kappa shape index (κ2) is 3.56. The predicted molar refractivity (Wildman–Crippen MR) is 76.9 cm³/mol. The monoisotopic (exact) mass is 304 g/mol. The van der Waals surface area contributed by atoms with Gasteiger partial charge in [-0.25, -0.2) is 0 Å². The Kier molecular flexibility index (Phi) is 2.07. The lowest BCUT2D eigenvalue weighted by molar-refractivity contribution is -0.152. The second-order valence-electron chi connectivity index (χ2n) is 9.11. The number of ether oxygens (including phenoxy) is 3. The maximum absolute atomic E-state index is 12.5. The Morgan fingerprint density at radius 1 is 1.00 bits per heavy atom. The van der Waals surface area contributed by atoms with E-state index in [-0.39, 0.29) is 23.1 Å². The van der Waals surface area contributed by atoms with Crippen LogP contribution in [0.15, 0.2) is 0 Å². The van der Waals surface area contributed by atoms with Crippen molar-refractivity contribution in [3.8, 4) is 0 Å². The van der Waals surface area contributed by atoms with Gasteiger partial charge in [0.1, 0.15) is 0 Å². The van der Waals surface area contributed by atoms with E-state index in [1.165, 1.54) is 19.3 Å². The zero-order valence-electron chi connectivity index (χ0n) is 13.3. The van der Waals surface area contributed by atoms with Crippen LogP contribution >= 0.6 is 0 Å². The molecule has 6 fully saturated rings. The quantitative estimate of drug-likeness (QED) is 0.592. The number of rotatable bonds is 3. The van der Waals surface area contributed by atoms with E-state index in [9.17, 15) is 4.79 Å². The highest BCUT2D eigenvalue weighted by Crippen LogP contribution is 2.67. The summed E-state index contributed by atoms with van der Waals surface area (Å²) in [6.45, 7) is 5.09. The highest BCUT2D eigenvalue weighted by atomic mass is 16.6. The number of hydrogen-bond acceptors (Lipinski definition) is 4. The topological polar surface area (TPSA) is 51.4 Å². The van der Waals surface area contributed by atoms with Crippen LogP contribution in [0.2, 0.25) is 0 Å². The van der Waals surface area contributed by atoms with Gasteiger partial charge in [0.2, 0.25) is 0 Å². The maximum atomic E-state index is 12.5. The smallest absolute Gasteiger partial charge is 0.309 e. The molecule has 0 aromatic heterocycles. The molecule has 0 N–H and O–H groups in total. The molecule has 10 atom stereocenters. The molecule has 0 aromatic rings. The molecule has 2 aliphatic heterocycles. The van der Waals surface area contributed by atoms with Crippen LogP contribution in [-0.4, -0.2) is 36.0 Å². The minimum atomic E-state index is 0.0484. The molecule has 4 nitrogen and oxygen atoms in total. The molecule has 0 radical (unpaired) electrons. The summed E-state index contributed by atoms with van der Waals surface area (Å²) in [7, 11) is 0. The van der Waals surface area contributed by atoms with Gasteiger partial charge in [-0.05, 0) is 63.2 Å². The average Bonchev–Trinajstić information content (AvgIpc) is 3.13. The van der Waals surface area contributed by atoms with Crippen LogP contribution in [0.5, 0.6) is 0 Å². The van der Waals surface area contributed by atoms with Gasteiger partial charge in [0.25, 0.3) is 0 Å². The summed E-state index contributed by atoms with van der Waals surface area (Å²) in [5, 5.41) is 0. The minimum Gasteiger partial charge on any atom is -0.465 e. The summed E-state index contributed by atoms with van der Waals surface area (Å²) in [6.07, 6.45) is 5.42. The van der Waals surface area contributed by atoms with Gasteiger partial charge in [0.15, 0.2) is 0 Å². The first-order valence-electron chi connectivity index (χ1n) is 9.03. The van der Waals surface area contributed by atoms with Crippen LogP contribution in [0.4, 0.5) is 0 Å². The van der Waals surface area contributed by atoms with Gasteiger partial charge in [0.05, 0.1) is 35.9 Å². The van der Waals surface area contributed by atoms with Gasteiger partial charge in [0, 0.05) is 5.92 Å². The van der Waals surface area contributed by atoms with E-state index in [0.717, 1.165) is 6.42 Å². The van der Waals surface area contributed by atoms with Gasteiger partial charge in [-0.1, -0.05) is 0 Å². The van der Waals surface area contributed by atoms with Crippen molar-refractivity contribution in [1.29, 1.82) is 0 Å². The fourth-order valence-electron chi connectivity index (χ4n) is 6.79. The number of fused-ring (bicyclic) bond motifs is 10. The second-order valence-corrected chi connectivity index (χ2v) is 9.11. The van der Waals surface area contributed by atoms with Crippen LogP contribution in [0, 0.1) is 35.5 Å². The standard InChI is InChI=1S/C18H24O4/c1-17-9-3-8(11(4-9)14(17)21-17)7-20-16(19)13-6-10-5-12(13)15-18(10,2)22-15/h8-15H,3-7H2,1-2H3. The summed E-state index contributed by atoms with van der Waals surface area (Å²) in [5.41, 5.74) is 0.295. The minimum absolute atomic E-state index is 0.0484. The molecule has 4 bridgehead atoms. The molecule has 4 aliphatic carbocycles. The van der Waals surface area contributed by atoms with Gasteiger partial charge >= 0.3 is 5.97 Å². The van der Waals surface area contributed by atoms with Crippen molar-refractivity contribution in [2.24, 2.45) is 35.5 Å². The van der Waals surface area contributed by atoms with Crippen LogP contribution in [0.3, 0.4) is 0 Å². The third kappa shape index (κ3) is 1.32. The Morgan fingerprint density at radius 2 is 1.64 bits per heavy atom. The molecule has 2 saturated heterocycles. The Morgan fingerprint density at radius 3 is 2.23 bits per heavy atom. The zero-order valence-corrected chi connectivity index (χ0v) is 13.3. The molecule has 4 heteroatoms. The lowest BCUT2D eigenvalue weighted by Gasteiger charge is -2.24. The van der Waals surface area contributed by atoms with Crippen molar-refractivity contribution in [2.45, 2.75) is 62.9 Å². The Hall–Kier alpha value is -0.610. The molecule has 22 heavy (non-hydrogen) atoms. The van der Waals surface area contributed by atoms with Crippen molar-refractivity contribution < 1.29 is 19.0 Å². The molecule has 0 spiro atoms. The van der Waals surface area contributed by atoms with Crippen molar-refractivity contribution in [3.63, 3.8) is 0 Å². The van der Waals surface area contributed by atoms with E-state index >= 15 is 0 Å². The van der Waals surface area contributed by atoms with Gasteiger partial charge in [-0.3, -0.25) is 4.79 Å². The highest BCUT2D eigenvalue weighted by Gasteiger charge is 2.73. The highest BCUT2D eigenvalue weighted by molar-refractivity contribution is 5.74. The first-order chi connectivity index (χ1) is 10.5. The molecule has 0 aromatic carbocycles. The number of carbonyl (C=O) groups is 1. The van der Waals surface area contributed by atoms with Gasteiger partial charge in [-0.15, -0.1) is 0 Å². The number of hydrogen-bond donors (Lipinski definition) is 0. The Balaban J connectivity index is 1.08. The lowest BCUT2D eigenvalue weighted by atomic mass is 9.82. The number of carbonyl (C=O) groups excluding carboxylic acids is 1. The summed E-state index contributed by atoms with van der Waals surface area (Å²) < 4.78 is 17.5. The number of esters is 1. The molecular formula is C18H24O4. The normalized spacial score (nSPS) is 65.4. The average molecular weight is 304 g/mol. The van der Waals surface area contributed by atoms with Crippen LogP contribution < -0.4 is 0 Å². The van der Waals surface area contributed by atoms with Crippen molar-refractivity contribution in [3.05, 3.63) is 0 Å². The van der Waals surface area contributed by atoms with E-state index in [0.29, 0.717) is 48.4 Å². The summed E-state index contributed by atoms with van der Waals surface area (Å²) in [5.74, 6) is 3.04. The molecule has 120 valence electrons.